The van der Waals surface area contributed by atoms with Crippen LogP contribution in [0.15, 0.2) is 4.79 Å². The Hall–Kier alpha value is -1.11. The van der Waals surface area contributed by atoms with Crippen LogP contribution in [0.1, 0.15) is 5.82 Å². The predicted molar refractivity (Wildman–Crippen MR) is 67.7 cm³/mol. The summed E-state index contributed by atoms with van der Waals surface area (Å²) in [7, 11) is 3.73. The molecule has 6 nitrogen and oxygen atoms in total. The first-order valence-corrected chi connectivity index (χ1v) is 5.61. The van der Waals surface area contributed by atoms with Gasteiger partial charge in [-0.25, -0.2) is 4.98 Å². The molecule has 0 unspecified atom stereocenters. The van der Waals surface area contributed by atoms with Crippen LogP contribution in [0.5, 0.6) is 0 Å². The van der Waals surface area contributed by atoms with Crippen molar-refractivity contribution < 1.29 is 5.11 Å². The number of rotatable bonds is 5. The molecule has 7 heteroatoms. The van der Waals surface area contributed by atoms with Crippen LogP contribution >= 0.6 is 11.6 Å². The van der Waals surface area contributed by atoms with Crippen molar-refractivity contribution in [1.82, 2.24) is 14.9 Å². The molecule has 0 saturated heterocycles. The third-order valence-corrected chi connectivity index (χ3v) is 2.41. The van der Waals surface area contributed by atoms with E-state index in [-0.39, 0.29) is 17.1 Å². The van der Waals surface area contributed by atoms with E-state index in [1.165, 1.54) is 0 Å². The van der Waals surface area contributed by atoms with Gasteiger partial charge >= 0.3 is 0 Å². The minimum atomic E-state index is -0.553. The van der Waals surface area contributed by atoms with Crippen LogP contribution in [0, 0.1) is 6.92 Å². The second-order valence-electron chi connectivity index (χ2n) is 4.11. The van der Waals surface area contributed by atoms with Gasteiger partial charge in [-0.3, -0.25) is 4.79 Å². The van der Waals surface area contributed by atoms with Crippen molar-refractivity contribution in [1.29, 1.82) is 0 Å². The first-order valence-electron chi connectivity index (χ1n) is 5.23. The number of halogens is 1. The molecule has 0 amide bonds. The number of likely N-dealkylation sites (N-methyl/N-ethyl adjacent to an activating group) is 1. The van der Waals surface area contributed by atoms with Gasteiger partial charge in [-0.15, -0.1) is 0 Å². The fourth-order valence-corrected chi connectivity index (χ4v) is 1.55. The fourth-order valence-electron chi connectivity index (χ4n) is 1.39. The Labute approximate surface area is 105 Å². The smallest absolute Gasteiger partial charge is 0.271 e. The van der Waals surface area contributed by atoms with E-state index in [0.29, 0.717) is 18.2 Å². The zero-order valence-electron chi connectivity index (χ0n) is 10.1. The predicted octanol–water partition coefficient (Wildman–Crippen LogP) is 0.0661. The van der Waals surface area contributed by atoms with E-state index in [0.717, 1.165) is 0 Å². The van der Waals surface area contributed by atoms with Crippen LogP contribution in [0.25, 0.3) is 0 Å². The molecule has 0 aliphatic carbocycles. The summed E-state index contributed by atoms with van der Waals surface area (Å²) >= 11 is 5.79. The molecule has 1 aromatic heterocycles. The second-order valence-corrected chi connectivity index (χ2v) is 4.49. The van der Waals surface area contributed by atoms with Gasteiger partial charge < -0.3 is 20.3 Å². The normalized spacial score (nSPS) is 12.8. The maximum absolute atomic E-state index is 11.3. The fraction of sp³-hybridized carbons (Fsp3) is 0.600. The lowest BCUT2D eigenvalue weighted by Gasteiger charge is -2.17. The largest absolute Gasteiger partial charge is 0.390 e. The molecular weight excluding hydrogens is 244 g/mol. The highest BCUT2D eigenvalue weighted by atomic mass is 35.5. The number of H-pyrrole nitrogens is 1. The van der Waals surface area contributed by atoms with Gasteiger partial charge in [0.25, 0.3) is 5.56 Å². The summed E-state index contributed by atoms with van der Waals surface area (Å²) in [5.74, 6) is 0.773. The second kappa shape index (κ2) is 6.00. The Kier molecular flexibility index (Phi) is 4.92. The summed E-state index contributed by atoms with van der Waals surface area (Å²) in [6, 6.07) is 0. The number of hydrogen-bond acceptors (Lipinski definition) is 5. The number of nitrogens with one attached hydrogen (secondary N) is 2. The first kappa shape index (κ1) is 14.0. The third-order valence-electron chi connectivity index (χ3n) is 2.06. The summed E-state index contributed by atoms with van der Waals surface area (Å²) in [6.07, 6.45) is -0.553. The van der Waals surface area contributed by atoms with E-state index in [4.69, 9.17) is 11.6 Å². The van der Waals surface area contributed by atoms with E-state index in [9.17, 15) is 9.90 Å². The van der Waals surface area contributed by atoms with Crippen molar-refractivity contribution in [2.75, 3.05) is 32.5 Å². The van der Waals surface area contributed by atoms with Gasteiger partial charge in [0.2, 0.25) is 0 Å². The molecule has 1 rings (SSSR count). The van der Waals surface area contributed by atoms with Gasteiger partial charge in [0.05, 0.1) is 6.10 Å². The minimum absolute atomic E-state index is 0.00709. The summed E-state index contributed by atoms with van der Waals surface area (Å²) in [5, 5.41) is 12.5. The van der Waals surface area contributed by atoms with E-state index in [1.807, 2.05) is 19.0 Å². The molecular formula is C10H17ClN4O2. The van der Waals surface area contributed by atoms with Crippen molar-refractivity contribution in [3.8, 4) is 0 Å². The number of aromatic nitrogens is 2. The molecule has 1 atom stereocenters. The van der Waals surface area contributed by atoms with Gasteiger partial charge in [0, 0.05) is 13.1 Å². The van der Waals surface area contributed by atoms with Crippen molar-refractivity contribution in [3.05, 3.63) is 21.2 Å². The molecule has 17 heavy (non-hydrogen) atoms. The van der Waals surface area contributed by atoms with Gasteiger partial charge in [-0.05, 0) is 21.0 Å². The Balaban J connectivity index is 2.66. The maximum atomic E-state index is 11.3. The van der Waals surface area contributed by atoms with Crippen LogP contribution in [-0.2, 0) is 0 Å². The lowest BCUT2D eigenvalue weighted by atomic mass is 10.3. The molecule has 3 N–H and O–H groups in total. The number of anilines is 1. The van der Waals surface area contributed by atoms with Crippen molar-refractivity contribution >= 4 is 17.4 Å². The molecule has 0 saturated carbocycles. The van der Waals surface area contributed by atoms with E-state index in [1.54, 1.807) is 6.92 Å². The number of aliphatic hydroxyl groups is 1. The summed E-state index contributed by atoms with van der Waals surface area (Å²) < 4.78 is 0. The van der Waals surface area contributed by atoms with Gasteiger partial charge in [0.1, 0.15) is 10.8 Å². The van der Waals surface area contributed by atoms with Crippen LogP contribution in [0.2, 0.25) is 5.02 Å². The first-order chi connectivity index (χ1) is 7.90. The lowest BCUT2D eigenvalue weighted by molar-refractivity contribution is 0.148. The molecule has 0 fully saturated rings. The van der Waals surface area contributed by atoms with E-state index in [2.05, 4.69) is 15.3 Å². The monoisotopic (exact) mass is 260 g/mol. The van der Waals surface area contributed by atoms with Crippen molar-refractivity contribution in [2.45, 2.75) is 13.0 Å². The standard InChI is InChI=1S/C10H17ClN4O2/c1-6-13-9(8(11)10(17)14-6)12-4-7(16)5-15(2)3/h7,16H,4-5H2,1-3H3,(H2,12,13,14,17)/t7-/m1/s1. The Morgan fingerprint density at radius 3 is 2.82 bits per heavy atom. The van der Waals surface area contributed by atoms with Crippen LogP contribution in [0.3, 0.4) is 0 Å². The Morgan fingerprint density at radius 2 is 2.24 bits per heavy atom. The molecule has 0 aliphatic heterocycles. The number of aliphatic hydroxyl groups excluding tert-OH is 1. The van der Waals surface area contributed by atoms with E-state index >= 15 is 0 Å². The molecule has 0 aromatic carbocycles. The highest BCUT2D eigenvalue weighted by molar-refractivity contribution is 6.32. The average Bonchev–Trinajstić information content (AvgIpc) is 2.20. The number of hydrogen-bond donors (Lipinski definition) is 3. The number of nitrogens with zero attached hydrogens (tertiary/aromatic N) is 2. The average molecular weight is 261 g/mol. The van der Waals surface area contributed by atoms with Gasteiger partial charge in [-0.2, -0.15) is 0 Å². The maximum Gasteiger partial charge on any atom is 0.271 e. The highest BCUT2D eigenvalue weighted by Crippen LogP contribution is 2.13. The zero-order chi connectivity index (χ0) is 13.0. The highest BCUT2D eigenvalue weighted by Gasteiger charge is 2.10. The molecule has 96 valence electrons. The third kappa shape index (κ3) is 4.33. The Morgan fingerprint density at radius 1 is 1.59 bits per heavy atom. The quantitative estimate of drug-likeness (QED) is 0.698. The topological polar surface area (TPSA) is 81.2 Å². The zero-order valence-corrected chi connectivity index (χ0v) is 10.9. The SMILES string of the molecule is Cc1nc(NC[C@@H](O)CN(C)C)c(Cl)c(=O)[nH]1. The molecule has 0 radical (unpaired) electrons. The molecule has 0 spiro atoms. The number of aryl methyl sites for hydroxylation is 1. The number of aromatic amines is 1. The van der Waals surface area contributed by atoms with Crippen LogP contribution in [0.4, 0.5) is 5.82 Å². The van der Waals surface area contributed by atoms with Crippen LogP contribution in [-0.4, -0.2) is 53.3 Å². The van der Waals surface area contributed by atoms with Gasteiger partial charge in [0.15, 0.2) is 5.82 Å². The lowest BCUT2D eigenvalue weighted by Crippen LogP contribution is -2.32. The molecule has 1 aromatic rings. The van der Waals surface area contributed by atoms with Gasteiger partial charge in [-0.1, -0.05) is 11.6 Å². The molecule has 1 heterocycles. The molecule has 0 aliphatic rings. The summed E-state index contributed by atoms with van der Waals surface area (Å²) in [6.45, 7) is 2.47. The van der Waals surface area contributed by atoms with Crippen LogP contribution < -0.4 is 10.9 Å². The Bertz CT molecular complexity index is 433. The summed E-state index contributed by atoms with van der Waals surface area (Å²) in [4.78, 5) is 19.8. The minimum Gasteiger partial charge on any atom is -0.390 e. The van der Waals surface area contributed by atoms with Crippen molar-refractivity contribution in [3.63, 3.8) is 0 Å². The summed E-state index contributed by atoms with van der Waals surface area (Å²) in [5.41, 5.74) is -0.385. The van der Waals surface area contributed by atoms with E-state index < -0.39 is 6.10 Å². The van der Waals surface area contributed by atoms with Crippen molar-refractivity contribution in [2.24, 2.45) is 0 Å². The molecule has 0 bridgehead atoms.